The third-order valence-corrected chi connectivity index (χ3v) is 7.61. The molecule has 0 radical (unpaired) electrons. The number of hydrogen-bond donors (Lipinski definition) is 1. The number of amides is 1. The fourth-order valence-electron chi connectivity index (χ4n) is 3.84. The maximum absolute atomic E-state index is 13.1. The first-order valence-corrected chi connectivity index (χ1v) is 12.2. The van der Waals surface area contributed by atoms with E-state index in [-0.39, 0.29) is 10.6 Å². The smallest absolute Gasteiger partial charge is 0.274 e. The number of rotatable bonds is 5. The molecule has 1 amide bonds. The number of hydrogen-bond acceptors (Lipinski definition) is 6. The monoisotopic (exact) mass is 464 g/mol. The molecule has 2 saturated heterocycles. The van der Waals surface area contributed by atoms with Crippen LogP contribution in [0.5, 0.6) is 0 Å². The number of sulfonamides is 1. The number of carbonyl (C=O) groups excluding carboxylic acids is 1. The molecule has 31 heavy (non-hydrogen) atoms. The number of aromatic nitrogens is 1. The van der Waals surface area contributed by atoms with Crippen LogP contribution in [0.3, 0.4) is 0 Å². The second-order valence-electron chi connectivity index (χ2n) is 7.56. The maximum atomic E-state index is 13.1. The van der Waals surface area contributed by atoms with Crippen LogP contribution in [-0.4, -0.2) is 63.0 Å². The summed E-state index contributed by atoms with van der Waals surface area (Å²) in [6.45, 7) is 3.07. The van der Waals surface area contributed by atoms with Gasteiger partial charge < -0.3 is 15.0 Å². The predicted octanol–water partition coefficient (Wildman–Crippen LogP) is 3.00. The number of anilines is 2. The van der Waals surface area contributed by atoms with Crippen molar-refractivity contribution in [2.45, 2.75) is 24.2 Å². The van der Waals surface area contributed by atoms with Gasteiger partial charge in [-0.3, -0.25) is 9.78 Å². The number of pyridine rings is 1. The molecule has 1 aromatic heterocycles. The van der Waals surface area contributed by atoms with Crippen molar-refractivity contribution in [1.29, 1.82) is 0 Å². The second kappa shape index (κ2) is 9.52. The van der Waals surface area contributed by atoms with Gasteiger partial charge in [-0.1, -0.05) is 11.6 Å². The van der Waals surface area contributed by atoms with Crippen molar-refractivity contribution in [3.63, 3.8) is 0 Å². The molecule has 8 nitrogen and oxygen atoms in total. The first kappa shape index (κ1) is 22.0. The van der Waals surface area contributed by atoms with Gasteiger partial charge in [0.1, 0.15) is 5.69 Å². The van der Waals surface area contributed by atoms with E-state index in [4.69, 9.17) is 16.3 Å². The zero-order valence-corrected chi connectivity index (χ0v) is 18.7. The van der Waals surface area contributed by atoms with E-state index in [2.05, 4.69) is 15.2 Å². The van der Waals surface area contributed by atoms with Crippen molar-refractivity contribution in [3.05, 3.63) is 47.2 Å². The fourth-order valence-corrected chi connectivity index (χ4v) is 5.43. The van der Waals surface area contributed by atoms with E-state index in [0.29, 0.717) is 37.0 Å². The van der Waals surface area contributed by atoms with Crippen molar-refractivity contribution in [1.82, 2.24) is 9.29 Å². The van der Waals surface area contributed by atoms with Gasteiger partial charge in [0.15, 0.2) is 0 Å². The molecular formula is C21H25ClN4O4S. The number of morpholine rings is 1. The highest BCUT2D eigenvalue weighted by atomic mass is 35.5. The first-order chi connectivity index (χ1) is 14.9. The highest BCUT2D eigenvalue weighted by molar-refractivity contribution is 7.89. The minimum Gasteiger partial charge on any atom is -0.379 e. The predicted molar refractivity (Wildman–Crippen MR) is 119 cm³/mol. The Morgan fingerprint density at radius 2 is 1.77 bits per heavy atom. The van der Waals surface area contributed by atoms with Crippen LogP contribution < -0.4 is 10.2 Å². The summed E-state index contributed by atoms with van der Waals surface area (Å²) in [5.74, 6) is -0.443. The van der Waals surface area contributed by atoms with Gasteiger partial charge in [-0.05, 0) is 49.6 Å². The van der Waals surface area contributed by atoms with Gasteiger partial charge in [-0.2, -0.15) is 4.31 Å². The molecule has 166 valence electrons. The van der Waals surface area contributed by atoms with Crippen molar-refractivity contribution in [2.24, 2.45) is 0 Å². The van der Waals surface area contributed by atoms with Crippen LogP contribution in [0.25, 0.3) is 0 Å². The van der Waals surface area contributed by atoms with E-state index in [1.54, 1.807) is 18.2 Å². The lowest BCUT2D eigenvalue weighted by Crippen LogP contribution is -2.40. The third kappa shape index (κ3) is 5.01. The topological polar surface area (TPSA) is 91.8 Å². The van der Waals surface area contributed by atoms with E-state index < -0.39 is 15.9 Å². The Bertz CT molecular complexity index is 1050. The van der Waals surface area contributed by atoms with Gasteiger partial charge in [-0.15, -0.1) is 0 Å². The SMILES string of the molecule is O=C(Nc1cc(S(=O)(=O)N2CCOCC2)ccc1N1CCCCC1)c1cc(Cl)ccn1. The average molecular weight is 465 g/mol. The summed E-state index contributed by atoms with van der Waals surface area (Å²) in [6, 6.07) is 8.00. The number of benzene rings is 1. The van der Waals surface area contributed by atoms with Gasteiger partial charge in [0.05, 0.1) is 29.5 Å². The highest BCUT2D eigenvalue weighted by Crippen LogP contribution is 2.32. The normalized spacial score (nSPS) is 18.0. The van der Waals surface area contributed by atoms with Crippen LogP contribution in [0.15, 0.2) is 41.4 Å². The van der Waals surface area contributed by atoms with Crippen molar-refractivity contribution in [3.8, 4) is 0 Å². The summed E-state index contributed by atoms with van der Waals surface area (Å²) < 4.78 is 33.0. The van der Waals surface area contributed by atoms with E-state index >= 15 is 0 Å². The molecular weight excluding hydrogens is 440 g/mol. The maximum Gasteiger partial charge on any atom is 0.274 e. The third-order valence-electron chi connectivity index (χ3n) is 5.48. The summed E-state index contributed by atoms with van der Waals surface area (Å²) in [5.41, 5.74) is 1.41. The molecule has 10 heteroatoms. The number of halogens is 1. The minimum absolute atomic E-state index is 0.143. The molecule has 0 atom stereocenters. The van der Waals surface area contributed by atoms with Crippen molar-refractivity contribution >= 4 is 38.9 Å². The molecule has 0 bridgehead atoms. The molecule has 3 heterocycles. The molecule has 1 N–H and O–H groups in total. The second-order valence-corrected chi connectivity index (χ2v) is 9.93. The van der Waals surface area contributed by atoms with Gasteiger partial charge in [0.25, 0.3) is 5.91 Å². The first-order valence-electron chi connectivity index (χ1n) is 10.3. The van der Waals surface area contributed by atoms with Crippen LogP contribution >= 0.6 is 11.6 Å². The Hall–Kier alpha value is -2.20. The van der Waals surface area contributed by atoms with E-state index in [1.807, 2.05) is 0 Å². The summed E-state index contributed by atoms with van der Waals surface area (Å²) in [6.07, 6.45) is 4.73. The van der Waals surface area contributed by atoms with Gasteiger partial charge >= 0.3 is 0 Å². The largest absolute Gasteiger partial charge is 0.379 e. The molecule has 4 rings (SSSR count). The van der Waals surface area contributed by atoms with Crippen molar-refractivity contribution < 1.29 is 17.9 Å². The van der Waals surface area contributed by atoms with Crippen LogP contribution in [0.4, 0.5) is 11.4 Å². The van der Waals surface area contributed by atoms with E-state index in [9.17, 15) is 13.2 Å². The fraction of sp³-hybridized carbons (Fsp3) is 0.429. The lowest BCUT2D eigenvalue weighted by atomic mass is 10.1. The Labute approximate surface area is 187 Å². The molecule has 1 aromatic carbocycles. The highest BCUT2D eigenvalue weighted by Gasteiger charge is 2.28. The number of nitrogens with one attached hydrogen (secondary N) is 1. The van der Waals surface area contributed by atoms with Crippen LogP contribution in [0, 0.1) is 0 Å². The number of nitrogens with zero attached hydrogens (tertiary/aromatic N) is 3. The van der Waals surface area contributed by atoms with Crippen LogP contribution in [0.2, 0.25) is 5.02 Å². The van der Waals surface area contributed by atoms with Gasteiger partial charge in [-0.25, -0.2) is 8.42 Å². The zero-order valence-electron chi connectivity index (χ0n) is 17.1. The van der Waals surface area contributed by atoms with Gasteiger partial charge in [0.2, 0.25) is 10.0 Å². The molecule has 2 aromatic rings. The molecule has 2 aliphatic heterocycles. The lowest BCUT2D eigenvalue weighted by molar-refractivity contribution is 0.0730. The Morgan fingerprint density at radius 1 is 1.03 bits per heavy atom. The standard InChI is InChI=1S/C21H25ClN4O4S/c22-16-6-7-23-19(14-16)21(27)24-18-15-17(31(28,29)26-10-12-30-13-11-26)4-5-20(18)25-8-2-1-3-9-25/h4-7,14-15H,1-3,8-13H2,(H,24,27). The summed E-state index contributed by atoms with van der Waals surface area (Å²) >= 11 is 5.99. The van der Waals surface area contributed by atoms with Crippen LogP contribution in [-0.2, 0) is 14.8 Å². The molecule has 0 aliphatic carbocycles. The molecule has 0 saturated carbocycles. The van der Waals surface area contributed by atoms with E-state index in [0.717, 1.165) is 38.0 Å². The Balaban J connectivity index is 1.68. The molecule has 0 unspecified atom stereocenters. The minimum atomic E-state index is -3.69. The molecule has 2 fully saturated rings. The zero-order chi connectivity index (χ0) is 21.8. The van der Waals surface area contributed by atoms with E-state index in [1.165, 1.54) is 22.6 Å². The van der Waals surface area contributed by atoms with Crippen molar-refractivity contribution in [2.75, 3.05) is 49.6 Å². The van der Waals surface area contributed by atoms with Gasteiger partial charge in [0, 0.05) is 37.4 Å². The molecule has 2 aliphatic rings. The number of piperidine rings is 1. The Morgan fingerprint density at radius 3 is 2.48 bits per heavy atom. The number of ether oxygens (including phenoxy) is 1. The molecule has 0 spiro atoms. The lowest BCUT2D eigenvalue weighted by Gasteiger charge is -2.31. The summed E-state index contributed by atoms with van der Waals surface area (Å²) in [5, 5.41) is 3.26. The van der Waals surface area contributed by atoms with Crippen LogP contribution in [0.1, 0.15) is 29.8 Å². The summed E-state index contributed by atoms with van der Waals surface area (Å²) in [7, 11) is -3.69. The Kier molecular flexibility index (Phi) is 6.76. The number of carbonyl (C=O) groups is 1. The average Bonchev–Trinajstić information content (AvgIpc) is 2.80. The quantitative estimate of drug-likeness (QED) is 0.731. The summed E-state index contributed by atoms with van der Waals surface area (Å²) in [4.78, 5) is 19.2.